The molecule has 0 saturated heterocycles. The minimum Gasteiger partial charge on any atom is -0.480 e. The van der Waals surface area contributed by atoms with Gasteiger partial charge in [0.05, 0.1) is 5.92 Å². The van der Waals surface area contributed by atoms with Crippen molar-refractivity contribution >= 4 is 34.5 Å². The largest absolute Gasteiger partial charge is 0.480 e. The molecule has 0 aromatic heterocycles. The first kappa shape index (κ1) is 21.4. The third-order valence-electron chi connectivity index (χ3n) is 4.11. The average Bonchev–Trinajstić information content (AvgIpc) is 2.70. The molecule has 0 aliphatic carbocycles. The molecule has 28 heavy (non-hydrogen) atoms. The summed E-state index contributed by atoms with van der Waals surface area (Å²) in [5.41, 5.74) is 1.72. The van der Waals surface area contributed by atoms with E-state index in [0.717, 1.165) is 11.8 Å². The lowest BCUT2D eigenvalue weighted by molar-refractivity contribution is -0.140. The lowest BCUT2D eigenvalue weighted by atomic mass is 9.96. The summed E-state index contributed by atoms with van der Waals surface area (Å²) in [6, 6.07) is 14.6. The van der Waals surface area contributed by atoms with Crippen LogP contribution in [0.2, 0.25) is 0 Å². The van der Waals surface area contributed by atoms with Crippen molar-refractivity contribution in [2.24, 2.45) is 0 Å². The number of carboxylic acid groups (broad SMARTS) is 1. The smallest absolute Gasteiger partial charge is 0.327 e. The molecule has 7 heteroatoms. The third-order valence-corrected chi connectivity index (χ3v) is 5.24. The van der Waals surface area contributed by atoms with E-state index in [0.29, 0.717) is 16.7 Å². The van der Waals surface area contributed by atoms with Crippen LogP contribution in [0.5, 0.6) is 0 Å². The second kappa shape index (κ2) is 9.85. The molecule has 2 aromatic carbocycles. The van der Waals surface area contributed by atoms with Gasteiger partial charge in [0.25, 0.3) is 0 Å². The van der Waals surface area contributed by atoms with Crippen LogP contribution in [0.3, 0.4) is 0 Å². The Bertz CT molecular complexity index is 881. The molecule has 0 fully saturated rings. The van der Waals surface area contributed by atoms with Gasteiger partial charge in [-0.15, -0.1) is 0 Å². The van der Waals surface area contributed by atoms with Gasteiger partial charge in [-0.2, -0.15) is 0 Å². The molecule has 2 N–H and O–H groups in total. The highest BCUT2D eigenvalue weighted by Gasteiger charge is 2.23. The fourth-order valence-electron chi connectivity index (χ4n) is 2.55. The number of ketones is 1. The number of amides is 1. The predicted molar refractivity (Wildman–Crippen MR) is 107 cm³/mol. The van der Waals surface area contributed by atoms with Crippen LogP contribution in [0.25, 0.3) is 0 Å². The summed E-state index contributed by atoms with van der Waals surface area (Å²) in [5, 5.41) is 11.2. The van der Waals surface area contributed by atoms with E-state index in [1.165, 1.54) is 6.92 Å². The standard InChI is InChI=1S/C21H21NO5S/c1-13(21(27)28-12-18(20(25)26)22-14(2)23)16-9-6-10-17(11-16)19(24)15-7-4-3-5-8-15/h3-11,13,18H,12H2,1-2H3,(H,22,23)(H,25,26)/t13-,18+/m0/s1. The van der Waals surface area contributed by atoms with Crippen molar-refractivity contribution < 1.29 is 24.3 Å². The Hall–Kier alpha value is -2.93. The van der Waals surface area contributed by atoms with Crippen molar-refractivity contribution in [1.82, 2.24) is 5.32 Å². The highest BCUT2D eigenvalue weighted by Crippen LogP contribution is 2.24. The van der Waals surface area contributed by atoms with Crippen molar-refractivity contribution in [3.05, 3.63) is 71.3 Å². The Morgan fingerprint density at radius 2 is 1.64 bits per heavy atom. The number of thioether (sulfide) groups is 1. The van der Waals surface area contributed by atoms with Gasteiger partial charge in [0, 0.05) is 23.8 Å². The number of aliphatic carboxylic acids is 1. The van der Waals surface area contributed by atoms with Gasteiger partial charge in [-0.25, -0.2) is 4.79 Å². The van der Waals surface area contributed by atoms with Gasteiger partial charge in [0.1, 0.15) is 6.04 Å². The van der Waals surface area contributed by atoms with Gasteiger partial charge in [-0.05, 0) is 11.6 Å². The Labute approximate surface area is 167 Å². The Morgan fingerprint density at radius 1 is 1.00 bits per heavy atom. The SMILES string of the molecule is CC(=O)N[C@H](CSC(=O)[C@@H](C)c1cccc(C(=O)c2ccccc2)c1)C(=O)O. The molecule has 0 spiro atoms. The molecule has 0 heterocycles. The number of carbonyl (C=O) groups is 4. The fraction of sp³-hybridized carbons (Fsp3) is 0.238. The van der Waals surface area contributed by atoms with Crippen molar-refractivity contribution in [1.29, 1.82) is 0 Å². The molecule has 6 nitrogen and oxygen atoms in total. The fourth-order valence-corrected chi connectivity index (χ4v) is 3.49. The van der Waals surface area contributed by atoms with Crippen molar-refractivity contribution in [2.75, 3.05) is 5.75 Å². The highest BCUT2D eigenvalue weighted by atomic mass is 32.2. The summed E-state index contributed by atoms with van der Waals surface area (Å²) in [6.07, 6.45) is 0. The lowest BCUT2D eigenvalue weighted by Crippen LogP contribution is -2.41. The number of carboxylic acids is 1. The van der Waals surface area contributed by atoms with Crippen LogP contribution in [0.1, 0.15) is 41.3 Å². The van der Waals surface area contributed by atoms with Crippen LogP contribution in [0.4, 0.5) is 0 Å². The Morgan fingerprint density at radius 3 is 2.25 bits per heavy atom. The molecule has 2 rings (SSSR count). The first-order valence-electron chi connectivity index (χ1n) is 8.66. The van der Waals surface area contributed by atoms with E-state index in [-0.39, 0.29) is 16.7 Å². The molecule has 0 unspecified atom stereocenters. The maximum atomic E-state index is 12.6. The van der Waals surface area contributed by atoms with Crippen LogP contribution in [-0.4, -0.2) is 39.7 Å². The number of benzene rings is 2. The number of rotatable bonds is 8. The van der Waals surface area contributed by atoms with E-state index in [1.54, 1.807) is 55.5 Å². The first-order chi connectivity index (χ1) is 13.3. The highest BCUT2D eigenvalue weighted by molar-refractivity contribution is 8.13. The van der Waals surface area contributed by atoms with Crippen molar-refractivity contribution in [3.8, 4) is 0 Å². The second-order valence-electron chi connectivity index (χ2n) is 6.26. The summed E-state index contributed by atoms with van der Waals surface area (Å²) < 4.78 is 0. The van der Waals surface area contributed by atoms with Crippen molar-refractivity contribution in [3.63, 3.8) is 0 Å². The summed E-state index contributed by atoms with van der Waals surface area (Å²) in [6.45, 7) is 2.93. The molecule has 0 bridgehead atoms. The minimum absolute atomic E-state index is 0.0687. The van der Waals surface area contributed by atoms with E-state index >= 15 is 0 Å². The van der Waals surface area contributed by atoms with Gasteiger partial charge in [0.15, 0.2) is 10.9 Å². The van der Waals surface area contributed by atoms with Crippen molar-refractivity contribution in [2.45, 2.75) is 25.8 Å². The van der Waals surface area contributed by atoms with Gasteiger partial charge in [0.2, 0.25) is 5.91 Å². The van der Waals surface area contributed by atoms with Gasteiger partial charge in [-0.1, -0.05) is 67.2 Å². The molecule has 2 aromatic rings. The summed E-state index contributed by atoms with van der Waals surface area (Å²) >= 11 is 0.849. The number of hydrogen-bond acceptors (Lipinski definition) is 5. The monoisotopic (exact) mass is 399 g/mol. The van der Waals surface area contributed by atoms with Gasteiger partial charge >= 0.3 is 5.97 Å². The predicted octanol–water partition coefficient (Wildman–Crippen LogP) is 2.87. The molecule has 0 aliphatic rings. The topological polar surface area (TPSA) is 101 Å². The number of hydrogen-bond donors (Lipinski definition) is 2. The third kappa shape index (κ3) is 5.79. The zero-order chi connectivity index (χ0) is 20.7. The van der Waals surface area contributed by atoms with Gasteiger partial charge < -0.3 is 10.4 Å². The Kier molecular flexibility index (Phi) is 7.52. The van der Waals surface area contributed by atoms with E-state index in [9.17, 15) is 19.2 Å². The van der Waals surface area contributed by atoms with Crippen LogP contribution in [-0.2, 0) is 14.4 Å². The maximum absolute atomic E-state index is 12.6. The molecule has 2 atom stereocenters. The van der Waals surface area contributed by atoms with Crippen LogP contribution in [0.15, 0.2) is 54.6 Å². The molecule has 0 saturated carbocycles. The van der Waals surface area contributed by atoms with E-state index in [1.807, 2.05) is 6.07 Å². The number of nitrogens with one attached hydrogen (secondary N) is 1. The quantitative estimate of drug-likeness (QED) is 0.662. The maximum Gasteiger partial charge on any atom is 0.327 e. The Balaban J connectivity index is 2.08. The molecular formula is C21H21NO5S. The van der Waals surface area contributed by atoms with E-state index in [4.69, 9.17) is 5.11 Å². The zero-order valence-corrected chi connectivity index (χ0v) is 16.4. The molecule has 146 valence electrons. The molecule has 0 aliphatic heterocycles. The minimum atomic E-state index is -1.20. The summed E-state index contributed by atoms with van der Waals surface area (Å²) in [7, 11) is 0. The van der Waals surface area contributed by atoms with E-state index in [2.05, 4.69) is 5.32 Å². The molecule has 1 amide bonds. The molecular weight excluding hydrogens is 378 g/mol. The second-order valence-corrected chi connectivity index (χ2v) is 7.29. The molecule has 0 radical (unpaired) electrons. The normalized spacial score (nSPS) is 12.6. The zero-order valence-electron chi connectivity index (χ0n) is 15.5. The van der Waals surface area contributed by atoms with Crippen LogP contribution >= 0.6 is 11.8 Å². The van der Waals surface area contributed by atoms with Gasteiger partial charge in [-0.3, -0.25) is 14.4 Å². The lowest BCUT2D eigenvalue weighted by Gasteiger charge is -2.15. The van der Waals surface area contributed by atoms with Crippen LogP contribution < -0.4 is 5.32 Å². The summed E-state index contributed by atoms with van der Waals surface area (Å²) in [4.78, 5) is 47.3. The average molecular weight is 399 g/mol. The van der Waals surface area contributed by atoms with Crippen LogP contribution in [0, 0.1) is 0 Å². The first-order valence-corrected chi connectivity index (χ1v) is 9.64. The summed E-state index contributed by atoms with van der Waals surface area (Å²) in [5.74, 6) is -2.40. The number of carbonyl (C=O) groups excluding carboxylic acids is 3. The van der Waals surface area contributed by atoms with E-state index < -0.39 is 23.8 Å².